The van der Waals surface area contributed by atoms with Gasteiger partial charge < -0.3 is 5.32 Å². The van der Waals surface area contributed by atoms with E-state index in [9.17, 15) is 17.2 Å². The highest BCUT2D eigenvalue weighted by molar-refractivity contribution is 7.89. The maximum Gasteiger partial charge on any atom is 0.252 e. The van der Waals surface area contributed by atoms with Gasteiger partial charge in [0.2, 0.25) is 10.0 Å². The highest BCUT2D eigenvalue weighted by Crippen LogP contribution is 2.29. The molecule has 0 unspecified atom stereocenters. The molecule has 1 heterocycles. The van der Waals surface area contributed by atoms with E-state index in [4.69, 9.17) is 0 Å². The second-order valence-electron chi connectivity index (χ2n) is 3.88. The molecule has 0 amide bonds. The van der Waals surface area contributed by atoms with Gasteiger partial charge in [0.05, 0.1) is 6.54 Å². The minimum absolute atomic E-state index is 0.144. The van der Waals surface area contributed by atoms with Crippen LogP contribution >= 0.6 is 11.3 Å². The van der Waals surface area contributed by atoms with Crippen LogP contribution in [0.1, 0.15) is 10.4 Å². The summed E-state index contributed by atoms with van der Waals surface area (Å²) in [5.41, 5.74) is 0.589. The molecule has 0 atom stereocenters. The highest BCUT2D eigenvalue weighted by atomic mass is 32.2. The number of hydrogen-bond donors (Lipinski definition) is 1. The fourth-order valence-electron chi connectivity index (χ4n) is 1.56. The number of alkyl halides is 2. The fraction of sp³-hybridized carbons (Fsp3) is 0.600. The second-order valence-corrected chi connectivity index (χ2v) is 6.82. The van der Waals surface area contributed by atoms with Crippen LogP contribution in [-0.4, -0.2) is 39.8 Å². The number of halogens is 2. The number of hydrogen-bond acceptors (Lipinski definition) is 4. The van der Waals surface area contributed by atoms with Crippen molar-refractivity contribution >= 4 is 21.4 Å². The van der Waals surface area contributed by atoms with Crippen LogP contribution in [0.4, 0.5) is 8.78 Å². The molecule has 1 N–H and O–H groups in total. The predicted molar refractivity (Wildman–Crippen MR) is 67.6 cm³/mol. The van der Waals surface area contributed by atoms with Crippen molar-refractivity contribution < 1.29 is 17.2 Å². The Labute approximate surface area is 110 Å². The summed E-state index contributed by atoms with van der Waals surface area (Å²) in [6.07, 6.45) is -2.68. The van der Waals surface area contributed by atoms with E-state index >= 15 is 0 Å². The van der Waals surface area contributed by atoms with Gasteiger partial charge >= 0.3 is 0 Å². The van der Waals surface area contributed by atoms with Crippen molar-refractivity contribution in [2.45, 2.75) is 24.8 Å². The Balaban J connectivity index is 3.15. The van der Waals surface area contributed by atoms with Crippen molar-refractivity contribution in [2.75, 3.05) is 20.6 Å². The van der Waals surface area contributed by atoms with Crippen LogP contribution in [0.2, 0.25) is 0 Å². The van der Waals surface area contributed by atoms with E-state index in [0.717, 1.165) is 0 Å². The third-order valence-corrected chi connectivity index (χ3v) is 5.68. The molecule has 8 heteroatoms. The molecule has 18 heavy (non-hydrogen) atoms. The van der Waals surface area contributed by atoms with Gasteiger partial charge in [0.25, 0.3) is 6.43 Å². The molecular weight excluding hydrogens is 282 g/mol. The molecule has 0 spiro atoms. The Hall–Kier alpha value is -0.570. The third-order valence-electron chi connectivity index (χ3n) is 2.39. The fourth-order valence-corrected chi connectivity index (χ4v) is 4.48. The van der Waals surface area contributed by atoms with Gasteiger partial charge in [-0.2, -0.15) is 4.31 Å². The Morgan fingerprint density at radius 1 is 1.50 bits per heavy atom. The van der Waals surface area contributed by atoms with Gasteiger partial charge in [0.15, 0.2) is 0 Å². The summed E-state index contributed by atoms with van der Waals surface area (Å²) in [6, 6.07) is 0. The molecule has 0 fully saturated rings. The SMILES string of the molecule is CNCc1scc(C)c1S(=O)(=O)N(C)CC(F)F. The summed E-state index contributed by atoms with van der Waals surface area (Å²) in [7, 11) is -0.979. The van der Waals surface area contributed by atoms with E-state index in [1.807, 2.05) is 0 Å². The van der Waals surface area contributed by atoms with Crippen LogP contribution in [0.25, 0.3) is 0 Å². The zero-order chi connectivity index (χ0) is 13.9. The predicted octanol–water partition coefficient (Wildman–Crippen LogP) is 1.66. The first-order chi connectivity index (χ1) is 8.30. The first-order valence-corrected chi connectivity index (χ1v) is 7.58. The minimum atomic E-state index is -3.85. The van der Waals surface area contributed by atoms with Gasteiger partial charge in [0.1, 0.15) is 4.90 Å². The second kappa shape index (κ2) is 6.05. The van der Waals surface area contributed by atoms with E-state index in [1.54, 1.807) is 19.4 Å². The van der Waals surface area contributed by atoms with Crippen molar-refractivity contribution in [3.05, 3.63) is 15.8 Å². The van der Waals surface area contributed by atoms with Gasteiger partial charge in [-0.15, -0.1) is 11.3 Å². The monoisotopic (exact) mass is 298 g/mol. The molecular formula is C10H16F2N2O2S2. The van der Waals surface area contributed by atoms with E-state index in [0.29, 0.717) is 21.3 Å². The summed E-state index contributed by atoms with van der Waals surface area (Å²) in [5, 5.41) is 4.59. The van der Waals surface area contributed by atoms with Crippen molar-refractivity contribution in [3.8, 4) is 0 Å². The van der Waals surface area contributed by atoms with Gasteiger partial charge in [-0.3, -0.25) is 0 Å². The molecule has 0 aliphatic carbocycles. The van der Waals surface area contributed by atoms with E-state index in [-0.39, 0.29) is 4.90 Å². The lowest BCUT2D eigenvalue weighted by Crippen LogP contribution is -2.32. The lowest BCUT2D eigenvalue weighted by Gasteiger charge is -2.17. The summed E-state index contributed by atoms with van der Waals surface area (Å²) < 4.78 is 49.7. The zero-order valence-electron chi connectivity index (χ0n) is 10.4. The molecule has 1 aromatic heterocycles. The third kappa shape index (κ3) is 3.25. The normalized spacial score (nSPS) is 12.6. The van der Waals surface area contributed by atoms with Crippen molar-refractivity contribution in [3.63, 3.8) is 0 Å². The van der Waals surface area contributed by atoms with E-state index < -0.39 is 23.0 Å². The molecule has 0 saturated carbocycles. The first kappa shape index (κ1) is 15.5. The largest absolute Gasteiger partial charge is 0.315 e. The Morgan fingerprint density at radius 3 is 2.61 bits per heavy atom. The van der Waals surface area contributed by atoms with Gasteiger partial charge in [0, 0.05) is 18.5 Å². The van der Waals surface area contributed by atoms with Crippen molar-refractivity contribution in [2.24, 2.45) is 0 Å². The number of thiophene rings is 1. The zero-order valence-corrected chi connectivity index (χ0v) is 12.0. The van der Waals surface area contributed by atoms with Gasteiger partial charge in [-0.25, -0.2) is 17.2 Å². The van der Waals surface area contributed by atoms with Gasteiger partial charge in [-0.1, -0.05) is 0 Å². The molecule has 4 nitrogen and oxygen atoms in total. The lowest BCUT2D eigenvalue weighted by molar-refractivity contribution is 0.126. The molecule has 0 bridgehead atoms. The molecule has 1 rings (SSSR count). The van der Waals surface area contributed by atoms with Gasteiger partial charge in [-0.05, 0) is 24.9 Å². The molecule has 0 aliphatic heterocycles. The standard InChI is InChI=1S/C10H16F2N2O2S2/c1-7-6-17-8(4-13-2)10(7)18(15,16)14(3)5-9(11)12/h6,9,13H,4-5H2,1-3H3. The van der Waals surface area contributed by atoms with Crippen LogP contribution in [0.5, 0.6) is 0 Å². The molecule has 0 aliphatic rings. The molecule has 0 radical (unpaired) electrons. The number of aryl methyl sites for hydroxylation is 1. The van der Waals surface area contributed by atoms with Crippen LogP contribution in [0, 0.1) is 6.92 Å². The summed E-state index contributed by atoms with van der Waals surface area (Å²) in [5.74, 6) is 0. The number of rotatable bonds is 6. The van der Waals surface area contributed by atoms with Crippen LogP contribution in [-0.2, 0) is 16.6 Å². The summed E-state index contributed by atoms with van der Waals surface area (Å²) in [4.78, 5) is 0.779. The average Bonchev–Trinajstić information content (AvgIpc) is 2.59. The summed E-state index contributed by atoms with van der Waals surface area (Å²) >= 11 is 1.31. The molecule has 0 saturated heterocycles. The highest BCUT2D eigenvalue weighted by Gasteiger charge is 2.28. The number of sulfonamides is 1. The molecule has 1 aromatic rings. The number of nitrogens with zero attached hydrogens (tertiary/aromatic N) is 1. The maximum absolute atomic E-state index is 12.3. The van der Waals surface area contributed by atoms with E-state index in [2.05, 4.69) is 5.32 Å². The first-order valence-electron chi connectivity index (χ1n) is 5.26. The quantitative estimate of drug-likeness (QED) is 0.869. The minimum Gasteiger partial charge on any atom is -0.315 e. The Morgan fingerprint density at radius 2 is 2.11 bits per heavy atom. The maximum atomic E-state index is 12.3. The van der Waals surface area contributed by atoms with Crippen molar-refractivity contribution in [1.82, 2.24) is 9.62 Å². The average molecular weight is 298 g/mol. The van der Waals surface area contributed by atoms with Crippen LogP contribution in [0.3, 0.4) is 0 Å². The van der Waals surface area contributed by atoms with Crippen LogP contribution in [0.15, 0.2) is 10.3 Å². The Bertz CT molecular complexity index is 500. The Kier molecular flexibility index (Phi) is 5.20. The number of nitrogens with one attached hydrogen (secondary N) is 1. The van der Waals surface area contributed by atoms with Crippen LogP contribution < -0.4 is 5.32 Å². The van der Waals surface area contributed by atoms with E-state index in [1.165, 1.54) is 18.4 Å². The van der Waals surface area contributed by atoms with Crippen molar-refractivity contribution in [1.29, 1.82) is 0 Å². The summed E-state index contributed by atoms with van der Waals surface area (Å²) in [6.45, 7) is 1.27. The topological polar surface area (TPSA) is 49.4 Å². The lowest BCUT2D eigenvalue weighted by atomic mass is 10.3. The molecule has 104 valence electrons. The smallest absolute Gasteiger partial charge is 0.252 e. The molecule has 0 aromatic carbocycles.